The molecule has 2 aromatic carbocycles. The van der Waals surface area contributed by atoms with Gasteiger partial charge in [-0.1, -0.05) is 31.2 Å². The van der Waals surface area contributed by atoms with E-state index < -0.39 is 0 Å². The summed E-state index contributed by atoms with van der Waals surface area (Å²) in [6, 6.07) is 16.7. The standard InChI is InChI=1S/C20H24N2O/c1-3-17-10-12-18(13-11-17)23-15-7-6-14-22-16(2)21-19-8-4-5-9-20(19)22/h4-5,8-13H,3,6-7,14-15H2,1-2H3. The summed E-state index contributed by atoms with van der Waals surface area (Å²) in [5.74, 6) is 2.05. The molecule has 3 aromatic rings. The zero-order valence-electron chi connectivity index (χ0n) is 14.0. The molecular formula is C20H24N2O. The van der Waals surface area contributed by atoms with Gasteiger partial charge >= 0.3 is 0 Å². The fourth-order valence-electron chi connectivity index (χ4n) is 2.86. The van der Waals surface area contributed by atoms with Gasteiger partial charge in [0.2, 0.25) is 0 Å². The number of para-hydroxylation sites is 2. The van der Waals surface area contributed by atoms with Crippen molar-refractivity contribution in [2.75, 3.05) is 6.61 Å². The van der Waals surface area contributed by atoms with Crippen LogP contribution in [0.4, 0.5) is 0 Å². The number of fused-ring (bicyclic) bond motifs is 1. The van der Waals surface area contributed by atoms with Crippen LogP contribution in [0.25, 0.3) is 11.0 Å². The fourth-order valence-corrected chi connectivity index (χ4v) is 2.86. The van der Waals surface area contributed by atoms with Crippen LogP contribution in [-0.4, -0.2) is 16.2 Å². The maximum absolute atomic E-state index is 5.82. The lowest BCUT2D eigenvalue weighted by molar-refractivity contribution is 0.303. The van der Waals surface area contributed by atoms with E-state index in [4.69, 9.17) is 4.74 Å². The first-order chi connectivity index (χ1) is 11.3. The average molecular weight is 308 g/mol. The minimum absolute atomic E-state index is 0.761. The molecule has 0 saturated heterocycles. The lowest BCUT2D eigenvalue weighted by atomic mass is 10.2. The Kier molecular flexibility index (Phi) is 4.96. The summed E-state index contributed by atoms with van der Waals surface area (Å²) in [6.07, 6.45) is 3.20. The van der Waals surface area contributed by atoms with Crippen molar-refractivity contribution in [3.63, 3.8) is 0 Å². The molecule has 0 atom stereocenters. The molecule has 0 fully saturated rings. The van der Waals surface area contributed by atoms with Crippen LogP contribution in [0.3, 0.4) is 0 Å². The maximum Gasteiger partial charge on any atom is 0.119 e. The Balaban J connectivity index is 1.48. The van der Waals surface area contributed by atoms with E-state index in [1.165, 1.54) is 11.1 Å². The third kappa shape index (κ3) is 3.73. The summed E-state index contributed by atoms with van der Waals surface area (Å²) in [5.41, 5.74) is 3.65. The highest BCUT2D eigenvalue weighted by molar-refractivity contribution is 5.75. The monoisotopic (exact) mass is 308 g/mol. The largest absolute Gasteiger partial charge is 0.494 e. The number of hydrogen-bond acceptors (Lipinski definition) is 2. The van der Waals surface area contributed by atoms with Gasteiger partial charge in [0.15, 0.2) is 0 Å². The lowest BCUT2D eigenvalue weighted by Crippen LogP contribution is -2.03. The Morgan fingerprint density at radius 3 is 2.57 bits per heavy atom. The Hall–Kier alpha value is -2.29. The lowest BCUT2D eigenvalue weighted by Gasteiger charge is -2.09. The van der Waals surface area contributed by atoms with Gasteiger partial charge in [-0.25, -0.2) is 4.98 Å². The number of benzene rings is 2. The molecule has 0 N–H and O–H groups in total. The number of aromatic nitrogens is 2. The summed E-state index contributed by atoms with van der Waals surface area (Å²) >= 11 is 0. The van der Waals surface area contributed by atoms with E-state index in [2.05, 4.69) is 65.9 Å². The molecule has 23 heavy (non-hydrogen) atoms. The Labute approximate surface area is 137 Å². The van der Waals surface area contributed by atoms with E-state index in [1.54, 1.807) is 0 Å². The van der Waals surface area contributed by atoms with Crippen molar-refractivity contribution >= 4 is 11.0 Å². The first-order valence-electron chi connectivity index (χ1n) is 8.41. The van der Waals surface area contributed by atoms with Crippen molar-refractivity contribution < 1.29 is 4.74 Å². The molecular weight excluding hydrogens is 284 g/mol. The highest BCUT2D eigenvalue weighted by atomic mass is 16.5. The van der Waals surface area contributed by atoms with E-state index in [9.17, 15) is 0 Å². The molecule has 0 spiro atoms. The second-order valence-electron chi connectivity index (χ2n) is 5.85. The molecule has 0 unspecified atom stereocenters. The van der Waals surface area contributed by atoms with Crippen molar-refractivity contribution in [1.82, 2.24) is 9.55 Å². The predicted molar refractivity (Wildman–Crippen MR) is 95.0 cm³/mol. The third-order valence-corrected chi connectivity index (χ3v) is 4.22. The molecule has 3 heteroatoms. The van der Waals surface area contributed by atoms with Crippen LogP contribution in [0.5, 0.6) is 5.75 Å². The van der Waals surface area contributed by atoms with Gasteiger partial charge < -0.3 is 9.30 Å². The second-order valence-corrected chi connectivity index (χ2v) is 5.85. The molecule has 1 aromatic heterocycles. The van der Waals surface area contributed by atoms with E-state index in [0.29, 0.717) is 0 Å². The van der Waals surface area contributed by atoms with Crippen molar-refractivity contribution in [2.45, 2.75) is 39.7 Å². The highest BCUT2D eigenvalue weighted by Crippen LogP contribution is 2.17. The van der Waals surface area contributed by atoms with Crippen LogP contribution in [0.2, 0.25) is 0 Å². The van der Waals surface area contributed by atoms with Gasteiger partial charge in [0, 0.05) is 6.54 Å². The smallest absolute Gasteiger partial charge is 0.119 e. The molecule has 0 amide bonds. The summed E-state index contributed by atoms with van der Waals surface area (Å²) in [4.78, 5) is 4.61. The van der Waals surface area contributed by atoms with Gasteiger partial charge in [0.25, 0.3) is 0 Å². The van der Waals surface area contributed by atoms with Gasteiger partial charge in [0.05, 0.1) is 17.6 Å². The van der Waals surface area contributed by atoms with Crippen molar-refractivity contribution in [3.8, 4) is 5.75 Å². The summed E-state index contributed by atoms with van der Waals surface area (Å²) in [5, 5.41) is 0. The van der Waals surface area contributed by atoms with E-state index >= 15 is 0 Å². The maximum atomic E-state index is 5.82. The van der Waals surface area contributed by atoms with Gasteiger partial charge in [0.1, 0.15) is 11.6 Å². The Bertz CT molecular complexity index is 759. The molecule has 3 nitrogen and oxygen atoms in total. The SMILES string of the molecule is CCc1ccc(OCCCCn2c(C)nc3ccccc32)cc1. The van der Waals surface area contributed by atoms with Crippen molar-refractivity contribution in [1.29, 1.82) is 0 Å². The van der Waals surface area contributed by atoms with Gasteiger partial charge in [-0.15, -0.1) is 0 Å². The van der Waals surface area contributed by atoms with E-state index in [-0.39, 0.29) is 0 Å². The van der Waals surface area contributed by atoms with Crippen molar-refractivity contribution in [3.05, 3.63) is 59.9 Å². The first kappa shape index (κ1) is 15.6. The van der Waals surface area contributed by atoms with E-state index in [0.717, 1.165) is 49.5 Å². The van der Waals surface area contributed by atoms with Crippen LogP contribution in [-0.2, 0) is 13.0 Å². The number of rotatable bonds is 7. The number of imidazole rings is 1. The van der Waals surface area contributed by atoms with Gasteiger partial charge in [-0.2, -0.15) is 0 Å². The van der Waals surface area contributed by atoms with Crippen LogP contribution in [0.15, 0.2) is 48.5 Å². The van der Waals surface area contributed by atoms with Crippen molar-refractivity contribution in [2.24, 2.45) is 0 Å². The average Bonchev–Trinajstić information content (AvgIpc) is 2.91. The quantitative estimate of drug-likeness (QED) is 0.588. The first-order valence-corrected chi connectivity index (χ1v) is 8.41. The normalized spacial score (nSPS) is 11.0. The van der Waals surface area contributed by atoms with Crippen LogP contribution >= 0.6 is 0 Å². The minimum atomic E-state index is 0.761. The molecule has 3 rings (SSSR count). The number of aryl methyl sites for hydroxylation is 3. The van der Waals surface area contributed by atoms with Gasteiger partial charge in [-0.3, -0.25) is 0 Å². The topological polar surface area (TPSA) is 27.1 Å². The summed E-state index contributed by atoms with van der Waals surface area (Å²) < 4.78 is 8.11. The van der Waals surface area contributed by atoms with E-state index in [1.807, 2.05) is 6.07 Å². The zero-order chi connectivity index (χ0) is 16.1. The minimum Gasteiger partial charge on any atom is -0.494 e. The van der Waals surface area contributed by atoms with Gasteiger partial charge in [-0.05, 0) is 56.0 Å². The zero-order valence-corrected chi connectivity index (χ0v) is 14.0. The number of hydrogen-bond donors (Lipinski definition) is 0. The highest BCUT2D eigenvalue weighted by Gasteiger charge is 2.05. The molecule has 0 aliphatic carbocycles. The summed E-state index contributed by atoms with van der Waals surface area (Å²) in [6.45, 7) is 5.99. The van der Waals surface area contributed by atoms with Crippen LogP contribution in [0.1, 0.15) is 31.2 Å². The molecule has 120 valence electrons. The number of unbranched alkanes of at least 4 members (excludes halogenated alkanes) is 1. The molecule has 0 bridgehead atoms. The summed E-state index contributed by atoms with van der Waals surface area (Å²) in [7, 11) is 0. The molecule has 0 radical (unpaired) electrons. The predicted octanol–water partition coefficient (Wildman–Crippen LogP) is 4.77. The molecule has 0 aliphatic rings. The Morgan fingerprint density at radius 2 is 1.78 bits per heavy atom. The molecule has 0 aliphatic heterocycles. The second kappa shape index (κ2) is 7.32. The molecule has 1 heterocycles. The van der Waals surface area contributed by atoms with Crippen LogP contribution in [0, 0.1) is 6.92 Å². The third-order valence-electron chi connectivity index (χ3n) is 4.22. The molecule has 0 saturated carbocycles. The van der Waals surface area contributed by atoms with Crippen LogP contribution < -0.4 is 4.74 Å². The Morgan fingerprint density at radius 1 is 1.00 bits per heavy atom. The number of ether oxygens (including phenoxy) is 1. The fraction of sp³-hybridized carbons (Fsp3) is 0.350. The number of nitrogens with zero attached hydrogens (tertiary/aromatic N) is 2.